The fourth-order valence-corrected chi connectivity index (χ4v) is 7.18. The maximum atomic E-state index is 12.7. The van der Waals surface area contributed by atoms with Crippen molar-refractivity contribution in [1.82, 2.24) is 25.2 Å². The highest BCUT2D eigenvalue weighted by Crippen LogP contribution is 2.48. The number of carbonyl (C=O) groups excluding carboxylic acids is 1. The Morgan fingerprint density at radius 3 is 2.35 bits per heavy atom. The van der Waals surface area contributed by atoms with Gasteiger partial charge in [0.25, 0.3) is 0 Å². The monoisotopic (exact) mass is 612 g/mol. The molecule has 2 N–H and O–H groups in total. The third-order valence-corrected chi connectivity index (χ3v) is 9.80. The van der Waals surface area contributed by atoms with Crippen LogP contribution in [0.3, 0.4) is 0 Å². The van der Waals surface area contributed by atoms with E-state index in [9.17, 15) is 14.7 Å². The zero-order valence-corrected chi connectivity index (χ0v) is 24.6. The Hall–Kier alpha value is -4.88. The average Bonchev–Trinajstić information content (AvgIpc) is 3.30. The molecule has 11 nitrogen and oxygen atoms in total. The molecule has 1 fully saturated rings. The molecule has 6 aromatic rings. The number of nitrogens with zero attached hydrogens (tertiary/aromatic N) is 5. The zero-order chi connectivity index (χ0) is 29.7. The number of carboxylic acids is 1. The van der Waals surface area contributed by atoms with Crippen molar-refractivity contribution >= 4 is 50.0 Å². The van der Waals surface area contributed by atoms with Gasteiger partial charge in [-0.3, -0.25) is 10.1 Å². The minimum absolute atomic E-state index is 0.161. The molecular formula is C30H24N6O5S2. The number of hydrogen-bond acceptors (Lipinski definition) is 10. The summed E-state index contributed by atoms with van der Waals surface area (Å²) in [5.41, 5.74) is 2.19. The second kappa shape index (κ2) is 10.4. The van der Waals surface area contributed by atoms with Crippen molar-refractivity contribution < 1.29 is 23.8 Å². The number of carbonyl (C=O) groups is 2. The minimum Gasteiger partial charge on any atom is -0.480 e. The van der Waals surface area contributed by atoms with Gasteiger partial charge in [0, 0.05) is 26.9 Å². The highest BCUT2D eigenvalue weighted by atomic mass is 32.1. The molecule has 1 unspecified atom stereocenters. The lowest BCUT2D eigenvalue weighted by Crippen LogP contribution is -2.19. The van der Waals surface area contributed by atoms with Gasteiger partial charge in [0.15, 0.2) is 5.82 Å². The normalized spacial score (nSPS) is 14.5. The first kappa shape index (κ1) is 27.0. The quantitative estimate of drug-likeness (QED) is 0.187. The maximum Gasteiger partial charge on any atom is 0.413 e. The molecule has 2 aromatic carbocycles. The van der Waals surface area contributed by atoms with Crippen LogP contribution in [-0.2, 0) is 22.0 Å². The zero-order valence-electron chi connectivity index (χ0n) is 23.0. The lowest BCUT2D eigenvalue weighted by atomic mass is 10.1. The fourth-order valence-electron chi connectivity index (χ4n) is 4.79. The molecule has 0 bridgehead atoms. The summed E-state index contributed by atoms with van der Waals surface area (Å²) in [7, 11) is 1.72. The van der Waals surface area contributed by atoms with E-state index in [4.69, 9.17) is 9.15 Å². The summed E-state index contributed by atoms with van der Waals surface area (Å²) in [6.07, 6.45) is 0.0181. The van der Waals surface area contributed by atoms with Gasteiger partial charge in [0.1, 0.15) is 17.2 Å². The van der Waals surface area contributed by atoms with Crippen molar-refractivity contribution in [2.24, 2.45) is 7.05 Å². The number of aryl methyl sites for hydroxylation is 1. The standard InChI is InChI=1S/C30H24N6O5S2/c1-16(17-6-4-3-5-7-17)40-29(39)31-25-24(32-35-36(25)2)23-15-22-21(43-23)14-20(42-22)18-8-10-19(11-9-18)26-33-34-27(41-26)30(12-13-30)28(37)38/h3-11,14-16H,12-13H2,1-2H3,(H,31,39)(H,37,38). The van der Waals surface area contributed by atoms with E-state index in [1.807, 2.05) is 67.6 Å². The summed E-state index contributed by atoms with van der Waals surface area (Å²) in [4.78, 5) is 26.2. The van der Waals surface area contributed by atoms with E-state index in [1.165, 1.54) is 4.68 Å². The van der Waals surface area contributed by atoms with Crippen LogP contribution < -0.4 is 5.32 Å². The topological polar surface area (TPSA) is 145 Å². The smallest absolute Gasteiger partial charge is 0.413 e. The van der Waals surface area contributed by atoms with Crippen molar-refractivity contribution in [2.75, 3.05) is 5.32 Å². The van der Waals surface area contributed by atoms with Gasteiger partial charge in [-0.25, -0.2) is 9.48 Å². The van der Waals surface area contributed by atoms with Gasteiger partial charge in [0.05, 0.1) is 4.88 Å². The number of nitrogens with one attached hydrogen (secondary N) is 1. The Morgan fingerprint density at radius 1 is 0.977 bits per heavy atom. The van der Waals surface area contributed by atoms with Gasteiger partial charge in [-0.05, 0) is 55.2 Å². The van der Waals surface area contributed by atoms with E-state index in [0.29, 0.717) is 30.2 Å². The Morgan fingerprint density at radius 2 is 1.65 bits per heavy atom. The van der Waals surface area contributed by atoms with Crippen molar-refractivity contribution in [3.8, 4) is 32.5 Å². The molecular weight excluding hydrogens is 589 g/mol. The van der Waals surface area contributed by atoms with Gasteiger partial charge < -0.3 is 14.3 Å². The Kier molecular flexibility index (Phi) is 6.55. The van der Waals surface area contributed by atoms with Crippen LogP contribution in [0.5, 0.6) is 0 Å². The largest absolute Gasteiger partial charge is 0.480 e. The number of carboxylic acid groups (broad SMARTS) is 1. The summed E-state index contributed by atoms with van der Waals surface area (Å²) in [6.45, 7) is 1.82. The average molecular weight is 613 g/mol. The Labute approximate surface area is 252 Å². The summed E-state index contributed by atoms with van der Waals surface area (Å²) in [5.74, 6) is -0.0112. The molecule has 43 heavy (non-hydrogen) atoms. The second-order valence-corrected chi connectivity index (χ2v) is 12.5. The lowest BCUT2D eigenvalue weighted by Gasteiger charge is -2.14. The van der Waals surface area contributed by atoms with Crippen LogP contribution in [0.25, 0.3) is 41.9 Å². The molecule has 1 aliphatic carbocycles. The highest BCUT2D eigenvalue weighted by Gasteiger charge is 2.56. The van der Waals surface area contributed by atoms with E-state index in [2.05, 4.69) is 31.9 Å². The summed E-state index contributed by atoms with van der Waals surface area (Å²) >= 11 is 3.21. The van der Waals surface area contributed by atoms with Gasteiger partial charge >= 0.3 is 12.1 Å². The first-order valence-electron chi connectivity index (χ1n) is 13.4. The number of aromatic nitrogens is 5. The molecule has 0 aliphatic heterocycles. The number of anilines is 1. The molecule has 1 amide bonds. The highest BCUT2D eigenvalue weighted by molar-refractivity contribution is 7.31. The molecule has 1 atom stereocenters. The van der Waals surface area contributed by atoms with Gasteiger partial charge in [-0.15, -0.1) is 38.0 Å². The van der Waals surface area contributed by atoms with Crippen molar-refractivity contribution in [2.45, 2.75) is 31.3 Å². The summed E-state index contributed by atoms with van der Waals surface area (Å²) in [5, 5.41) is 28.8. The molecule has 7 rings (SSSR count). The van der Waals surface area contributed by atoms with Crippen LogP contribution in [0.2, 0.25) is 0 Å². The number of ether oxygens (including phenoxy) is 1. The van der Waals surface area contributed by atoms with E-state index in [0.717, 1.165) is 35.8 Å². The third-order valence-electron chi connectivity index (χ3n) is 7.45. The number of rotatable bonds is 8. The molecule has 4 aromatic heterocycles. The van der Waals surface area contributed by atoms with E-state index in [-0.39, 0.29) is 5.89 Å². The van der Waals surface area contributed by atoms with Gasteiger partial charge in [0.2, 0.25) is 11.8 Å². The number of fused-ring (bicyclic) bond motifs is 1. The molecule has 0 radical (unpaired) electrons. The van der Waals surface area contributed by atoms with E-state index >= 15 is 0 Å². The molecule has 1 saturated carbocycles. The molecule has 13 heteroatoms. The Balaban J connectivity index is 1.07. The van der Waals surface area contributed by atoms with Crippen molar-refractivity contribution in [1.29, 1.82) is 0 Å². The molecule has 4 heterocycles. The van der Waals surface area contributed by atoms with E-state index in [1.54, 1.807) is 29.7 Å². The molecule has 0 spiro atoms. The number of hydrogen-bond donors (Lipinski definition) is 2. The molecule has 0 saturated heterocycles. The number of aliphatic carboxylic acids is 1. The van der Waals surface area contributed by atoms with Crippen LogP contribution in [0.4, 0.5) is 10.6 Å². The Bertz CT molecular complexity index is 1940. The first-order chi connectivity index (χ1) is 20.8. The minimum atomic E-state index is -1.03. The van der Waals surface area contributed by atoms with Crippen molar-refractivity contribution in [3.63, 3.8) is 0 Å². The van der Waals surface area contributed by atoms with Crippen LogP contribution >= 0.6 is 22.7 Å². The number of thiophene rings is 2. The van der Waals surface area contributed by atoms with Crippen LogP contribution in [0.15, 0.2) is 71.1 Å². The van der Waals surface area contributed by atoms with Crippen LogP contribution in [0.1, 0.15) is 37.3 Å². The predicted molar refractivity (Wildman–Crippen MR) is 162 cm³/mol. The first-order valence-corrected chi connectivity index (χ1v) is 15.1. The summed E-state index contributed by atoms with van der Waals surface area (Å²) in [6, 6.07) is 21.4. The predicted octanol–water partition coefficient (Wildman–Crippen LogP) is 6.90. The van der Waals surface area contributed by atoms with Crippen molar-refractivity contribution in [3.05, 3.63) is 78.2 Å². The third kappa shape index (κ3) is 4.96. The molecule has 1 aliphatic rings. The lowest BCUT2D eigenvalue weighted by molar-refractivity contribution is -0.140. The maximum absolute atomic E-state index is 12.7. The fraction of sp³-hybridized carbons (Fsp3) is 0.200. The van der Waals surface area contributed by atoms with Crippen LogP contribution in [-0.4, -0.2) is 42.4 Å². The summed E-state index contributed by atoms with van der Waals surface area (Å²) < 4.78 is 15.0. The number of amides is 1. The van der Waals surface area contributed by atoms with Crippen LogP contribution in [0, 0.1) is 0 Å². The molecule has 216 valence electrons. The SMILES string of the molecule is CC(OC(=O)Nc1c(-c2cc3sc(-c4ccc(-c5nnc(C6(C(=O)O)CC6)o5)cc4)cc3s2)nnn1C)c1ccccc1. The number of benzene rings is 2. The second-order valence-electron chi connectivity index (χ2n) is 10.3. The van der Waals surface area contributed by atoms with E-state index < -0.39 is 23.6 Å². The van der Waals surface area contributed by atoms with Gasteiger partial charge in [-0.1, -0.05) is 47.7 Å². The van der Waals surface area contributed by atoms with Gasteiger partial charge in [-0.2, -0.15) is 0 Å².